The van der Waals surface area contributed by atoms with Crippen LogP contribution in [0.2, 0.25) is 0 Å². The Balaban J connectivity index is 2.02. The van der Waals surface area contributed by atoms with E-state index < -0.39 is 0 Å². The fourth-order valence-corrected chi connectivity index (χ4v) is 2.48. The maximum Gasteiger partial charge on any atom is 0.110 e. The van der Waals surface area contributed by atoms with Crippen LogP contribution < -0.4 is 5.73 Å². The highest BCUT2D eigenvalue weighted by atomic mass is 16.5. The molecule has 1 fully saturated rings. The van der Waals surface area contributed by atoms with Crippen LogP contribution in [0.15, 0.2) is 12.4 Å². The van der Waals surface area contributed by atoms with Gasteiger partial charge in [0.25, 0.3) is 0 Å². The molecule has 1 aliphatic rings. The summed E-state index contributed by atoms with van der Waals surface area (Å²) in [7, 11) is 0. The lowest BCUT2D eigenvalue weighted by molar-refractivity contribution is -0.00154. The number of aryl methyl sites for hydroxylation is 1. The summed E-state index contributed by atoms with van der Waals surface area (Å²) < 4.78 is 7.98. The Labute approximate surface area is 103 Å². The molecule has 2 rings (SSSR count). The van der Waals surface area contributed by atoms with E-state index in [2.05, 4.69) is 23.4 Å². The molecule has 1 aliphatic heterocycles. The number of nitrogens with zero attached hydrogens (tertiary/aromatic N) is 2. The zero-order chi connectivity index (χ0) is 12.3. The third kappa shape index (κ3) is 2.69. The maximum absolute atomic E-state index is 6.29. The third-order valence-corrected chi connectivity index (χ3v) is 3.70. The summed E-state index contributed by atoms with van der Waals surface area (Å²) in [5.74, 6) is 1.08. The second-order valence-electron chi connectivity index (χ2n) is 5.11. The van der Waals surface area contributed by atoms with Gasteiger partial charge in [0.15, 0.2) is 0 Å². The van der Waals surface area contributed by atoms with Crippen LogP contribution >= 0.6 is 0 Å². The summed E-state index contributed by atoms with van der Waals surface area (Å²) in [4.78, 5) is 4.40. The molecule has 0 spiro atoms. The van der Waals surface area contributed by atoms with Gasteiger partial charge in [0.1, 0.15) is 5.82 Å². The number of aromatic nitrogens is 2. The minimum absolute atomic E-state index is 0.0306. The second kappa shape index (κ2) is 5.19. The molecule has 4 nitrogen and oxygen atoms in total. The first-order valence-electron chi connectivity index (χ1n) is 6.55. The van der Waals surface area contributed by atoms with Crippen molar-refractivity contribution in [2.75, 3.05) is 6.61 Å². The minimum Gasteiger partial charge on any atom is -0.374 e. The molecular formula is C13H23N3O. The Hall–Kier alpha value is -0.870. The summed E-state index contributed by atoms with van der Waals surface area (Å²) >= 11 is 0. The predicted molar refractivity (Wildman–Crippen MR) is 67.8 cm³/mol. The highest BCUT2D eigenvalue weighted by Crippen LogP contribution is 2.28. The van der Waals surface area contributed by atoms with Crippen LogP contribution in [0, 0.1) is 0 Å². The van der Waals surface area contributed by atoms with E-state index in [1.54, 1.807) is 0 Å². The molecule has 0 bridgehead atoms. The molecule has 1 aromatic heterocycles. The van der Waals surface area contributed by atoms with Crippen molar-refractivity contribution in [1.29, 1.82) is 0 Å². The Morgan fingerprint density at radius 2 is 2.47 bits per heavy atom. The molecule has 96 valence electrons. The van der Waals surface area contributed by atoms with Crippen molar-refractivity contribution in [2.45, 2.75) is 57.7 Å². The molecule has 0 aliphatic carbocycles. The van der Waals surface area contributed by atoms with Crippen LogP contribution in [-0.4, -0.2) is 27.8 Å². The van der Waals surface area contributed by atoms with Gasteiger partial charge >= 0.3 is 0 Å². The van der Waals surface area contributed by atoms with Crippen LogP contribution in [0.4, 0.5) is 0 Å². The van der Waals surface area contributed by atoms with Gasteiger partial charge in [-0.2, -0.15) is 0 Å². The smallest absolute Gasteiger partial charge is 0.110 e. The third-order valence-electron chi connectivity index (χ3n) is 3.70. The summed E-state index contributed by atoms with van der Waals surface area (Å²) in [6, 6.07) is 0.0306. The fourth-order valence-electron chi connectivity index (χ4n) is 2.48. The Kier molecular flexibility index (Phi) is 3.84. The Bertz CT molecular complexity index is 355. The van der Waals surface area contributed by atoms with Crippen molar-refractivity contribution in [1.82, 2.24) is 9.55 Å². The quantitative estimate of drug-likeness (QED) is 0.848. The Morgan fingerprint density at radius 3 is 3.12 bits per heavy atom. The molecule has 2 atom stereocenters. The van der Waals surface area contributed by atoms with Crippen LogP contribution in [0.1, 0.15) is 38.9 Å². The van der Waals surface area contributed by atoms with E-state index in [9.17, 15) is 0 Å². The van der Waals surface area contributed by atoms with E-state index in [-0.39, 0.29) is 11.6 Å². The van der Waals surface area contributed by atoms with Gasteiger partial charge < -0.3 is 15.0 Å². The highest BCUT2D eigenvalue weighted by Gasteiger charge is 2.36. The van der Waals surface area contributed by atoms with Crippen LogP contribution in [0.3, 0.4) is 0 Å². The molecule has 0 aromatic carbocycles. The van der Waals surface area contributed by atoms with Crippen molar-refractivity contribution < 1.29 is 4.74 Å². The Morgan fingerprint density at radius 1 is 1.65 bits per heavy atom. The standard InChI is InChI=1S/C13H23N3O/c1-3-7-16-8-6-15-12(16)10-11(14)13(2)5-4-9-17-13/h6,8,11H,3-5,7,9-10,14H2,1-2H3. The van der Waals surface area contributed by atoms with Crippen molar-refractivity contribution in [2.24, 2.45) is 5.73 Å². The van der Waals surface area contributed by atoms with Crippen LogP contribution in [-0.2, 0) is 17.7 Å². The number of rotatable bonds is 5. The summed E-state index contributed by atoms with van der Waals surface area (Å²) in [6.45, 7) is 6.15. The van der Waals surface area contributed by atoms with Crippen molar-refractivity contribution in [3.63, 3.8) is 0 Å². The second-order valence-corrected chi connectivity index (χ2v) is 5.11. The van der Waals surface area contributed by atoms with Crippen molar-refractivity contribution in [3.8, 4) is 0 Å². The van der Waals surface area contributed by atoms with Crippen LogP contribution in [0.25, 0.3) is 0 Å². The minimum atomic E-state index is -0.164. The average molecular weight is 237 g/mol. The van der Waals surface area contributed by atoms with Gasteiger partial charge in [-0.3, -0.25) is 0 Å². The van der Waals surface area contributed by atoms with Crippen molar-refractivity contribution >= 4 is 0 Å². The molecule has 4 heteroatoms. The van der Waals surface area contributed by atoms with Crippen molar-refractivity contribution in [3.05, 3.63) is 18.2 Å². The predicted octanol–water partition coefficient (Wildman–Crippen LogP) is 1.73. The molecule has 1 aromatic rings. The SMILES string of the molecule is CCCn1ccnc1CC(N)C1(C)CCCO1. The number of nitrogens with two attached hydrogens (primary N) is 1. The molecule has 2 N–H and O–H groups in total. The van der Waals surface area contributed by atoms with Gasteiger partial charge in [-0.05, 0) is 26.2 Å². The normalized spacial score (nSPS) is 26.3. The van der Waals surface area contributed by atoms with Gasteiger partial charge in [0.05, 0.1) is 5.60 Å². The summed E-state index contributed by atoms with van der Waals surface area (Å²) in [5, 5.41) is 0. The van der Waals surface area contributed by atoms with Crippen LogP contribution in [0.5, 0.6) is 0 Å². The van der Waals surface area contributed by atoms with Gasteiger partial charge in [-0.25, -0.2) is 4.98 Å². The average Bonchev–Trinajstić information content (AvgIpc) is 2.90. The first-order valence-corrected chi connectivity index (χ1v) is 6.55. The topological polar surface area (TPSA) is 53.1 Å². The van der Waals surface area contributed by atoms with Gasteiger partial charge in [0.2, 0.25) is 0 Å². The molecular weight excluding hydrogens is 214 g/mol. The lowest BCUT2D eigenvalue weighted by atomic mass is 9.91. The van der Waals surface area contributed by atoms with Gasteiger partial charge in [-0.15, -0.1) is 0 Å². The maximum atomic E-state index is 6.29. The van der Waals surface area contributed by atoms with E-state index in [4.69, 9.17) is 10.5 Å². The molecule has 1 saturated heterocycles. The number of hydrogen-bond acceptors (Lipinski definition) is 3. The van der Waals surface area contributed by atoms with E-state index in [1.807, 2.05) is 12.4 Å². The molecule has 2 unspecified atom stereocenters. The molecule has 0 saturated carbocycles. The monoisotopic (exact) mass is 237 g/mol. The molecule has 0 amide bonds. The highest BCUT2D eigenvalue weighted by molar-refractivity contribution is 5.01. The van der Waals surface area contributed by atoms with E-state index in [1.165, 1.54) is 0 Å². The van der Waals surface area contributed by atoms with E-state index >= 15 is 0 Å². The molecule has 17 heavy (non-hydrogen) atoms. The molecule has 0 radical (unpaired) electrons. The first-order chi connectivity index (χ1) is 8.15. The lowest BCUT2D eigenvalue weighted by Crippen LogP contribution is -2.47. The number of imidazole rings is 1. The largest absolute Gasteiger partial charge is 0.374 e. The van der Waals surface area contributed by atoms with Gasteiger partial charge in [-0.1, -0.05) is 6.92 Å². The lowest BCUT2D eigenvalue weighted by Gasteiger charge is -2.30. The zero-order valence-electron chi connectivity index (χ0n) is 10.9. The van der Waals surface area contributed by atoms with E-state index in [0.29, 0.717) is 0 Å². The molecule has 2 heterocycles. The summed E-state index contributed by atoms with van der Waals surface area (Å²) in [5.41, 5.74) is 6.13. The van der Waals surface area contributed by atoms with Gasteiger partial charge in [0, 0.05) is 38.0 Å². The number of hydrogen-bond donors (Lipinski definition) is 1. The van der Waals surface area contributed by atoms with E-state index in [0.717, 1.165) is 44.7 Å². The fraction of sp³-hybridized carbons (Fsp3) is 0.769. The zero-order valence-corrected chi connectivity index (χ0v) is 10.9. The summed E-state index contributed by atoms with van der Waals surface area (Å²) in [6.07, 6.45) is 7.98. The number of ether oxygens (including phenoxy) is 1. The first kappa shape index (κ1) is 12.6.